The minimum atomic E-state index is -0.397. The molecule has 172 valence electrons. The third-order valence-corrected chi connectivity index (χ3v) is 5.33. The van der Waals surface area contributed by atoms with Crippen molar-refractivity contribution in [2.24, 2.45) is 0 Å². The third-order valence-electron chi connectivity index (χ3n) is 5.33. The second-order valence-corrected chi connectivity index (χ2v) is 7.54. The van der Waals surface area contributed by atoms with Crippen LogP contribution in [-0.4, -0.2) is 25.6 Å². The molecule has 0 radical (unpaired) electrons. The maximum absolute atomic E-state index is 12.9. The normalized spacial score (nSPS) is 10.5. The Morgan fingerprint density at radius 2 is 1.56 bits per heavy atom. The van der Waals surface area contributed by atoms with Crippen molar-refractivity contribution in [1.29, 1.82) is 0 Å². The van der Waals surface area contributed by atoms with Crippen LogP contribution in [0.3, 0.4) is 0 Å². The van der Waals surface area contributed by atoms with Crippen LogP contribution in [0.25, 0.3) is 10.8 Å². The molecule has 0 atom stereocenters. The van der Waals surface area contributed by atoms with Crippen molar-refractivity contribution in [1.82, 2.24) is 0 Å². The fourth-order valence-electron chi connectivity index (χ4n) is 3.62. The summed E-state index contributed by atoms with van der Waals surface area (Å²) < 4.78 is 16.6. The smallest absolute Gasteiger partial charge is 0.338 e. The molecule has 0 saturated carbocycles. The number of esters is 1. The minimum absolute atomic E-state index is 0.243. The molecule has 0 unspecified atom stereocenters. The summed E-state index contributed by atoms with van der Waals surface area (Å²) in [6.45, 7) is 2.30. The van der Waals surface area contributed by atoms with Gasteiger partial charge in [0.15, 0.2) is 0 Å². The first kappa shape index (κ1) is 22.9. The van der Waals surface area contributed by atoms with Gasteiger partial charge in [0.1, 0.15) is 18.1 Å². The van der Waals surface area contributed by atoms with Crippen molar-refractivity contribution in [3.63, 3.8) is 0 Å². The molecule has 4 aromatic carbocycles. The molecular weight excluding hydrogens is 430 g/mol. The molecule has 0 heterocycles. The Kier molecular flexibility index (Phi) is 7.08. The molecule has 0 aliphatic heterocycles. The number of amides is 1. The molecule has 1 N–H and O–H groups in total. The average molecular weight is 456 g/mol. The number of fused-ring (bicyclic) bond motifs is 1. The van der Waals surface area contributed by atoms with Crippen LogP contribution < -0.4 is 14.8 Å². The summed E-state index contributed by atoms with van der Waals surface area (Å²) >= 11 is 0. The lowest BCUT2D eigenvalue weighted by molar-refractivity contribution is 0.0526. The summed E-state index contributed by atoms with van der Waals surface area (Å²) in [4.78, 5) is 24.7. The highest BCUT2D eigenvalue weighted by atomic mass is 16.5. The lowest BCUT2D eigenvalue weighted by Gasteiger charge is -2.14. The predicted molar refractivity (Wildman–Crippen MR) is 132 cm³/mol. The number of hydrogen-bond acceptors (Lipinski definition) is 5. The van der Waals surface area contributed by atoms with E-state index in [-0.39, 0.29) is 12.5 Å². The highest BCUT2D eigenvalue weighted by Crippen LogP contribution is 2.28. The Labute approximate surface area is 198 Å². The summed E-state index contributed by atoms with van der Waals surface area (Å²) in [6, 6.07) is 25.7. The number of carbonyl (C=O) groups is 2. The van der Waals surface area contributed by atoms with Crippen molar-refractivity contribution in [3.8, 4) is 11.5 Å². The number of hydrogen-bond donors (Lipinski definition) is 1. The fraction of sp³-hybridized carbons (Fsp3) is 0.143. The van der Waals surface area contributed by atoms with Crippen LogP contribution in [0.1, 0.15) is 33.2 Å². The van der Waals surface area contributed by atoms with Crippen molar-refractivity contribution >= 4 is 28.3 Å². The van der Waals surface area contributed by atoms with E-state index in [1.165, 1.54) is 0 Å². The van der Waals surface area contributed by atoms with Gasteiger partial charge in [0.2, 0.25) is 0 Å². The van der Waals surface area contributed by atoms with E-state index in [0.717, 1.165) is 22.1 Å². The van der Waals surface area contributed by atoms with E-state index in [0.29, 0.717) is 29.2 Å². The maximum Gasteiger partial charge on any atom is 0.338 e. The first-order valence-corrected chi connectivity index (χ1v) is 10.9. The molecule has 6 nitrogen and oxygen atoms in total. The molecule has 34 heavy (non-hydrogen) atoms. The zero-order valence-electron chi connectivity index (χ0n) is 19.0. The van der Waals surface area contributed by atoms with E-state index in [1.54, 1.807) is 56.5 Å². The second-order valence-electron chi connectivity index (χ2n) is 7.54. The number of nitrogens with one attached hydrogen (secondary N) is 1. The average Bonchev–Trinajstić information content (AvgIpc) is 2.87. The van der Waals surface area contributed by atoms with Gasteiger partial charge in [0.05, 0.1) is 19.3 Å². The minimum Gasteiger partial charge on any atom is -0.496 e. The van der Waals surface area contributed by atoms with Gasteiger partial charge in [-0.05, 0) is 60.8 Å². The number of methoxy groups -OCH3 is 1. The summed E-state index contributed by atoms with van der Waals surface area (Å²) in [5, 5.41) is 4.96. The quantitative estimate of drug-likeness (QED) is 0.337. The fourth-order valence-corrected chi connectivity index (χ4v) is 3.62. The van der Waals surface area contributed by atoms with E-state index in [2.05, 4.69) is 5.32 Å². The van der Waals surface area contributed by atoms with Gasteiger partial charge in [0, 0.05) is 22.2 Å². The van der Waals surface area contributed by atoms with Crippen molar-refractivity contribution in [2.45, 2.75) is 13.5 Å². The van der Waals surface area contributed by atoms with Crippen molar-refractivity contribution < 1.29 is 23.8 Å². The first-order chi connectivity index (χ1) is 16.6. The van der Waals surface area contributed by atoms with Gasteiger partial charge in [-0.25, -0.2) is 4.79 Å². The number of carbonyl (C=O) groups excluding carboxylic acids is 2. The zero-order valence-corrected chi connectivity index (χ0v) is 19.0. The highest BCUT2D eigenvalue weighted by molar-refractivity contribution is 6.04. The zero-order chi connectivity index (χ0) is 23.9. The maximum atomic E-state index is 12.9. The van der Waals surface area contributed by atoms with Crippen molar-refractivity contribution in [3.05, 3.63) is 102 Å². The predicted octanol–water partition coefficient (Wildman–Crippen LogP) is 5.86. The number of anilines is 1. The molecule has 0 spiro atoms. The molecule has 0 aliphatic rings. The Morgan fingerprint density at radius 1 is 0.824 bits per heavy atom. The molecule has 0 saturated heterocycles. The molecule has 4 rings (SSSR count). The molecule has 1 amide bonds. The van der Waals surface area contributed by atoms with E-state index in [4.69, 9.17) is 14.2 Å². The van der Waals surface area contributed by atoms with Gasteiger partial charge in [-0.15, -0.1) is 0 Å². The largest absolute Gasteiger partial charge is 0.496 e. The lowest BCUT2D eigenvalue weighted by Crippen LogP contribution is -2.13. The first-order valence-electron chi connectivity index (χ1n) is 10.9. The Morgan fingerprint density at radius 3 is 2.32 bits per heavy atom. The van der Waals surface area contributed by atoms with Gasteiger partial charge in [0.25, 0.3) is 5.91 Å². The summed E-state index contributed by atoms with van der Waals surface area (Å²) in [5.41, 5.74) is 2.21. The topological polar surface area (TPSA) is 73.9 Å². The summed E-state index contributed by atoms with van der Waals surface area (Å²) in [7, 11) is 1.58. The van der Waals surface area contributed by atoms with Crippen LogP contribution >= 0.6 is 0 Å². The van der Waals surface area contributed by atoms with Crippen molar-refractivity contribution in [2.75, 3.05) is 19.0 Å². The second kappa shape index (κ2) is 10.5. The van der Waals surface area contributed by atoms with E-state index in [9.17, 15) is 9.59 Å². The van der Waals surface area contributed by atoms with Gasteiger partial charge in [-0.1, -0.05) is 36.4 Å². The van der Waals surface area contributed by atoms with Crippen LogP contribution in [0.4, 0.5) is 5.69 Å². The highest BCUT2D eigenvalue weighted by Gasteiger charge is 2.13. The Hall–Kier alpha value is -4.32. The van der Waals surface area contributed by atoms with E-state index in [1.807, 2.05) is 42.5 Å². The van der Waals surface area contributed by atoms with Gasteiger partial charge in [-0.2, -0.15) is 0 Å². The van der Waals surface area contributed by atoms with E-state index < -0.39 is 5.97 Å². The third kappa shape index (κ3) is 5.18. The molecule has 0 fully saturated rings. The molecule has 0 bridgehead atoms. The number of benzene rings is 4. The number of rotatable bonds is 8. The van der Waals surface area contributed by atoms with Gasteiger partial charge >= 0.3 is 5.97 Å². The molecule has 6 heteroatoms. The molecular formula is C28H25NO5. The number of ether oxygens (including phenoxy) is 3. The Bertz CT molecular complexity index is 1310. The summed E-state index contributed by atoms with van der Waals surface area (Å²) in [5.74, 6) is 0.719. The SMILES string of the molecule is CCOC(=O)c1ccc(NC(=O)c2ccc(OC)c(COc3cccc4ccccc34)c2)cc1. The molecule has 0 aliphatic carbocycles. The summed E-state index contributed by atoms with van der Waals surface area (Å²) in [6.07, 6.45) is 0. The molecule has 4 aromatic rings. The van der Waals surface area contributed by atoms with Gasteiger partial charge < -0.3 is 19.5 Å². The monoisotopic (exact) mass is 455 g/mol. The van der Waals surface area contributed by atoms with Crippen LogP contribution in [0.2, 0.25) is 0 Å². The lowest BCUT2D eigenvalue weighted by atomic mass is 10.1. The standard InChI is InChI=1S/C28H25NO5/c1-3-33-28(31)20-11-14-23(15-12-20)29-27(30)21-13-16-25(32-2)22(17-21)18-34-26-10-6-8-19-7-4-5-9-24(19)26/h4-17H,3,18H2,1-2H3,(H,29,30). The van der Waals surface area contributed by atoms with Gasteiger partial charge in [-0.3, -0.25) is 4.79 Å². The van der Waals surface area contributed by atoms with Crippen LogP contribution in [0.5, 0.6) is 11.5 Å². The van der Waals surface area contributed by atoms with Crippen LogP contribution in [-0.2, 0) is 11.3 Å². The van der Waals surface area contributed by atoms with Crippen LogP contribution in [0.15, 0.2) is 84.9 Å². The molecule has 0 aromatic heterocycles. The van der Waals surface area contributed by atoms with Crippen LogP contribution in [0, 0.1) is 0 Å². The van der Waals surface area contributed by atoms with E-state index >= 15 is 0 Å². The Balaban J connectivity index is 1.49.